The second-order valence-electron chi connectivity index (χ2n) is 6.62. The van der Waals surface area contributed by atoms with E-state index in [0.717, 1.165) is 22.3 Å². The van der Waals surface area contributed by atoms with Gasteiger partial charge in [-0.15, -0.1) is 0 Å². The number of hydrogen-bond donors (Lipinski definition) is 1. The molecule has 1 amide bonds. The van der Waals surface area contributed by atoms with Gasteiger partial charge in [-0.05, 0) is 62.1 Å². The molecule has 0 aliphatic carbocycles. The monoisotopic (exact) mass is 407 g/mol. The zero-order valence-electron chi connectivity index (χ0n) is 15.8. The number of rotatable bonds is 6. The van der Waals surface area contributed by atoms with Crippen LogP contribution in [-0.4, -0.2) is 18.0 Å². The maximum atomic E-state index is 12.3. The summed E-state index contributed by atoms with van der Waals surface area (Å²) in [6.07, 6.45) is -0.783. The van der Waals surface area contributed by atoms with Crippen molar-refractivity contribution < 1.29 is 14.3 Å². The fraction of sp³-hybridized carbons (Fsp3) is 0.333. The molecule has 0 aliphatic rings. The highest BCUT2D eigenvalue weighted by Gasteiger charge is 2.21. The number of amides is 1. The van der Waals surface area contributed by atoms with E-state index in [0.29, 0.717) is 10.0 Å². The van der Waals surface area contributed by atoms with Gasteiger partial charge in [0.2, 0.25) is 0 Å². The lowest BCUT2D eigenvalue weighted by atomic mass is 10.0. The molecule has 144 valence electrons. The third kappa shape index (κ3) is 5.98. The Balaban J connectivity index is 1.92. The maximum absolute atomic E-state index is 12.3. The zero-order chi connectivity index (χ0) is 20.1. The van der Waals surface area contributed by atoms with Crippen LogP contribution in [-0.2, 0) is 20.7 Å². The highest BCUT2D eigenvalue weighted by atomic mass is 35.5. The Morgan fingerprint density at radius 2 is 1.74 bits per heavy atom. The number of ether oxygens (including phenoxy) is 1. The average Bonchev–Trinajstić information content (AvgIpc) is 2.57. The Labute approximate surface area is 169 Å². The minimum atomic E-state index is -0.905. The van der Waals surface area contributed by atoms with Crippen LogP contribution in [0.4, 0.5) is 0 Å². The maximum Gasteiger partial charge on any atom is 0.311 e. The van der Waals surface area contributed by atoms with Crippen LogP contribution in [0.5, 0.6) is 0 Å². The molecule has 0 saturated heterocycles. The number of benzene rings is 2. The number of nitrogens with one attached hydrogen (secondary N) is 1. The molecular formula is C21H23Cl2NO3. The molecule has 2 aromatic rings. The van der Waals surface area contributed by atoms with Gasteiger partial charge in [0.05, 0.1) is 12.5 Å². The number of aryl methyl sites for hydroxylation is 2. The van der Waals surface area contributed by atoms with Crippen LogP contribution in [0.1, 0.15) is 42.1 Å². The first-order chi connectivity index (χ1) is 12.7. The van der Waals surface area contributed by atoms with Gasteiger partial charge in [-0.2, -0.15) is 0 Å². The van der Waals surface area contributed by atoms with Crippen LogP contribution in [0.15, 0.2) is 36.4 Å². The van der Waals surface area contributed by atoms with Gasteiger partial charge in [0.25, 0.3) is 5.91 Å². The van der Waals surface area contributed by atoms with E-state index in [1.165, 1.54) is 0 Å². The zero-order valence-corrected chi connectivity index (χ0v) is 17.3. The minimum absolute atomic E-state index is 0.122. The highest BCUT2D eigenvalue weighted by molar-refractivity contribution is 6.35. The lowest BCUT2D eigenvalue weighted by Crippen LogP contribution is -2.37. The number of carbonyl (C=O) groups is 2. The van der Waals surface area contributed by atoms with Gasteiger partial charge in [0.1, 0.15) is 0 Å². The number of halogens is 2. The number of hydrogen-bond acceptors (Lipinski definition) is 3. The van der Waals surface area contributed by atoms with Gasteiger partial charge in [-0.3, -0.25) is 9.59 Å². The molecule has 27 heavy (non-hydrogen) atoms. The molecule has 0 unspecified atom stereocenters. The molecule has 2 aromatic carbocycles. The van der Waals surface area contributed by atoms with Crippen LogP contribution < -0.4 is 5.32 Å². The van der Waals surface area contributed by atoms with Crippen molar-refractivity contribution in [3.05, 3.63) is 68.7 Å². The molecule has 0 heterocycles. The third-order valence-corrected chi connectivity index (χ3v) is 4.95. The lowest BCUT2D eigenvalue weighted by Gasteiger charge is -2.19. The van der Waals surface area contributed by atoms with E-state index >= 15 is 0 Å². The number of carbonyl (C=O) groups excluding carboxylic acids is 2. The van der Waals surface area contributed by atoms with Gasteiger partial charge in [0, 0.05) is 10.0 Å². The van der Waals surface area contributed by atoms with Gasteiger partial charge in [-0.25, -0.2) is 0 Å². The molecule has 0 aromatic heterocycles. The van der Waals surface area contributed by atoms with E-state index in [1.54, 1.807) is 32.0 Å². The van der Waals surface area contributed by atoms with Crippen LogP contribution >= 0.6 is 23.2 Å². The van der Waals surface area contributed by atoms with Crippen molar-refractivity contribution in [1.82, 2.24) is 5.32 Å². The summed E-state index contributed by atoms with van der Waals surface area (Å²) < 4.78 is 5.27. The second-order valence-corrected chi connectivity index (χ2v) is 7.47. The minimum Gasteiger partial charge on any atom is -0.452 e. The van der Waals surface area contributed by atoms with Crippen LogP contribution in [0.3, 0.4) is 0 Å². The summed E-state index contributed by atoms with van der Waals surface area (Å²) in [6, 6.07) is 10.5. The molecule has 0 aliphatic heterocycles. The van der Waals surface area contributed by atoms with Gasteiger partial charge in [0.15, 0.2) is 6.10 Å². The lowest BCUT2D eigenvalue weighted by molar-refractivity contribution is -0.154. The number of esters is 1. The summed E-state index contributed by atoms with van der Waals surface area (Å²) in [7, 11) is 0. The van der Waals surface area contributed by atoms with Crippen LogP contribution in [0.25, 0.3) is 0 Å². The van der Waals surface area contributed by atoms with Crippen molar-refractivity contribution >= 4 is 35.1 Å². The van der Waals surface area contributed by atoms with E-state index in [1.807, 2.05) is 32.0 Å². The molecule has 0 saturated carbocycles. The van der Waals surface area contributed by atoms with E-state index in [9.17, 15) is 9.59 Å². The third-order valence-electron chi connectivity index (χ3n) is 4.38. The highest BCUT2D eigenvalue weighted by Crippen LogP contribution is 2.26. The summed E-state index contributed by atoms with van der Waals surface area (Å²) in [5, 5.41) is 3.79. The first-order valence-corrected chi connectivity index (χ1v) is 9.44. The van der Waals surface area contributed by atoms with Gasteiger partial charge >= 0.3 is 5.97 Å². The topological polar surface area (TPSA) is 55.4 Å². The Bertz CT molecular complexity index is 851. The molecule has 0 bridgehead atoms. The quantitative estimate of drug-likeness (QED) is 0.688. The Hall–Kier alpha value is -2.04. The molecule has 0 fully saturated rings. The fourth-order valence-corrected chi connectivity index (χ4v) is 3.21. The average molecular weight is 408 g/mol. The Morgan fingerprint density at radius 1 is 1.04 bits per heavy atom. The Morgan fingerprint density at radius 3 is 2.37 bits per heavy atom. The molecule has 2 atom stereocenters. The van der Waals surface area contributed by atoms with Crippen LogP contribution in [0.2, 0.25) is 10.0 Å². The molecule has 6 heteroatoms. The Kier molecular flexibility index (Phi) is 7.28. The van der Waals surface area contributed by atoms with Crippen molar-refractivity contribution in [2.24, 2.45) is 0 Å². The van der Waals surface area contributed by atoms with Crippen molar-refractivity contribution in [1.29, 1.82) is 0 Å². The molecule has 2 rings (SSSR count). The molecule has 1 N–H and O–H groups in total. The predicted molar refractivity (Wildman–Crippen MR) is 108 cm³/mol. The second kappa shape index (κ2) is 9.25. The molecule has 4 nitrogen and oxygen atoms in total. The summed E-state index contributed by atoms with van der Waals surface area (Å²) in [4.78, 5) is 24.5. The largest absolute Gasteiger partial charge is 0.452 e. The summed E-state index contributed by atoms with van der Waals surface area (Å²) in [6.45, 7) is 7.35. The first-order valence-electron chi connectivity index (χ1n) is 8.68. The van der Waals surface area contributed by atoms with Crippen molar-refractivity contribution in [2.45, 2.75) is 46.3 Å². The molecule has 0 spiro atoms. The first kappa shape index (κ1) is 21.3. The smallest absolute Gasteiger partial charge is 0.311 e. The SMILES string of the molecule is Cc1ccc(CC(=O)O[C@@H](C)C(=O)N[C@@H](C)c2ccc(Cl)cc2Cl)cc1C. The molecular weight excluding hydrogens is 385 g/mol. The summed E-state index contributed by atoms with van der Waals surface area (Å²) in [5.41, 5.74) is 3.87. The van der Waals surface area contributed by atoms with Crippen molar-refractivity contribution in [3.8, 4) is 0 Å². The van der Waals surface area contributed by atoms with E-state index in [2.05, 4.69) is 5.32 Å². The van der Waals surface area contributed by atoms with Crippen molar-refractivity contribution in [2.75, 3.05) is 0 Å². The van der Waals surface area contributed by atoms with E-state index in [-0.39, 0.29) is 18.4 Å². The van der Waals surface area contributed by atoms with E-state index < -0.39 is 12.1 Å². The summed E-state index contributed by atoms with van der Waals surface area (Å²) >= 11 is 12.1. The van der Waals surface area contributed by atoms with Crippen molar-refractivity contribution in [3.63, 3.8) is 0 Å². The standard InChI is InChI=1S/C21H23Cl2NO3/c1-12-5-6-16(9-13(12)2)10-20(25)27-15(4)21(26)24-14(3)18-8-7-17(22)11-19(18)23/h5-9,11,14-15H,10H2,1-4H3,(H,24,26)/t14-,15-/m0/s1. The normalized spacial score (nSPS) is 13.0. The predicted octanol–water partition coefficient (Wildman–Crippen LogP) is 4.96. The van der Waals surface area contributed by atoms with Crippen LogP contribution in [0, 0.1) is 13.8 Å². The van der Waals surface area contributed by atoms with E-state index in [4.69, 9.17) is 27.9 Å². The van der Waals surface area contributed by atoms with Gasteiger partial charge < -0.3 is 10.1 Å². The summed E-state index contributed by atoms with van der Waals surface area (Å²) in [5.74, 6) is -0.833. The molecule has 0 radical (unpaired) electrons. The van der Waals surface area contributed by atoms with Gasteiger partial charge in [-0.1, -0.05) is 47.5 Å². The fourth-order valence-electron chi connectivity index (χ4n) is 2.63.